The first-order valence-corrected chi connectivity index (χ1v) is 12.9. The molecule has 4 N–H and O–H groups in total. The maximum Gasteiger partial charge on any atom is 0.408 e. The van der Waals surface area contributed by atoms with Gasteiger partial charge < -0.3 is 35.5 Å². The molecule has 1 rings (SSSR count). The van der Waals surface area contributed by atoms with Gasteiger partial charge in [0.25, 0.3) is 0 Å². The molecule has 0 bridgehead atoms. The van der Waals surface area contributed by atoms with Crippen molar-refractivity contribution in [2.75, 3.05) is 19.7 Å². The Labute approximate surface area is 229 Å². The Morgan fingerprint density at radius 1 is 0.872 bits per heavy atom. The van der Waals surface area contributed by atoms with Crippen LogP contribution in [-0.4, -0.2) is 66.8 Å². The summed E-state index contributed by atoms with van der Waals surface area (Å²) in [5.41, 5.74) is -1.23. The summed E-state index contributed by atoms with van der Waals surface area (Å²) in [5.74, 6) is -1.81. The molecule has 218 valence electrons. The van der Waals surface area contributed by atoms with Gasteiger partial charge in [-0.15, -0.1) is 0 Å². The van der Waals surface area contributed by atoms with E-state index >= 15 is 0 Å². The third kappa shape index (κ3) is 14.6. The van der Waals surface area contributed by atoms with E-state index < -0.39 is 47.2 Å². The monoisotopic (exact) mass is 550 g/mol. The fraction of sp³-hybridized carbons (Fsp3) is 0.593. The molecule has 0 fully saturated rings. The summed E-state index contributed by atoms with van der Waals surface area (Å²) >= 11 is 0. The molecule has 12 heteroatoms. The average molecular weight is 551 g/mol. The van der Waals surface area contributed by atoms with E-state index in [1.807, 2.05) is 18.2 Å². The number of hydrogen-bond donors (Lipinski definition) is 4. The van der Waals surface area contributed by atoms with Gasteiger partial charge in [-0.05, 0) is 66.4 Å². The second-order valence-electron chi connectivity index (χ2n) is 10.3. The summed E-state index contributed by atoms with van der Waals surface area (Å²) in [4.78, 5) is 61.5. The van der Waals surface area contributed by atoms with E-state index in [4.69, 9.17) is 14.2 Å². The van der Waals surface area contributed by atoms with Crippen molar-refractivity contribution in [3.05, 3.63) is 35.9 Å². The SMILES string of the molecule is CCOC(=O)CNC(=O)C(C)(C)NC(=O)[C@H](CCCCNC(=O)OC(C)(C)C)NC(=O)OCc1ccccc1. The number of unbranched alkanes of at least 4 members (excludes halogenated alkanes) is 1. The number of rotatable bonds is 14. The van der Waals surface area contributed by atoms with Gasteiger partial charge in [-0.3, -0.25) is 14.4 Å². The molecule has 0 saturated carbocycles. The van der Waals surface area contributed by atoms with Crippen LogP contribution in [-0.2, 0) is 35.2 Å². The van der Waals surface area contributed by atoms with Gasteiger partial charge >= 0.3 is 18.2 Å². The lowest BCUT2D eigenvalue weighted by Gasteiger charge is -2.28. The van der Waals surface area contributed by atoms with Crippen LogP contribution < -0.4 is 21.3 Å². The number of ether oxygens (including phenoxy) is 3. The van der Waals surface area contributed by atoms with E-state index in [0.29, 0.717) is 19.4 Å². The number of carbonyl (C=O) groups excluding carboxylic acids is 5. The summed E-state index contributed by atoms with van der Waals surface area (Å²) in [5, 5.41) is 10.2. The van der Waals surface area contributed by atoms with Crippen molar-refractivity contribution >= 4 is 30.0 Å². The lowest BCUT2D eigenvalue weighted by molar-refractivity contribution is -0.144. The predicted molar refractivity (Wildman–Crippen MR) is 144 cm³/mol. The number of carbonyl (C=O) groups is 5. The van der Waals surface area contributed by atoms with Gasteiger partial charge in [0.05, 0.1) is 6.61 Å². The highest BCUT2D eigenvalue weighted by molar-refractivity contribution is 5.94. The highest BCUT2D eigenvalue weighted by Crippen LogP contribution is 2.09. The number of esters is 1. The quantitative estimate of drug-likeness (QED) is 0.156. The van der Waals surface area contributed by atoms with Crippen molar-refractivity contribution in [2.24, 2.45) is 0 Å². The zero-order chi connectivity index (χ0) is 29.5. The normalized spacial score (nSPS) is 11.9. The molecule has 0 aliphatic rings. The molecular formula is C27H42N4O8. The highest BCUT2D eigenvalue weighted by Gasteiger charge is 2.33. The topological polar surface area (TPSA) is 161 Å². The van der Waals surface area contributed by atoms with E-state index in [1.54, 1.807) is 39.8 Å². The Bertz CT molecular complexity index is 960. The first kappa shape index (κ1) is 33.2. The molecule has 0 unspecified atom stereocenters. The molecule has 0 spiro atoms. The molecule has 0 aromatic heterocycles. The summed E-state index contributed by atoms with van der Waals surface area (Å²) in [6.07, 6.45) is -0.163. The fourth-order valence-electron chi connectivity index (χ4n) is 3.19. The van der Waals surface area contributed by atoms with Crippen LogP contribution in [0.25, 0.3) is 0 Å². The first-order valence-electron chi connectivity index (χ1n) is 12.9. The minimum Gasteiger partial charge on any atom is -0.465 e. The second-order valence-corrected chi connectivity index (χ2v) is 10.3. The molecule has 0 aliphatic heterocycles. The van der Waals surface area contributed by atoms with Crippen LogP contribution in [0.1, 0.15) is 66.4 Å². The van der Waals surface area contributed by atoms with Crippen LogP contribution in [0.5, 0.6) is 0 Å². The van der Waals surface area contributed by atoms with E-state index in [9.17, 15) is 24.0 Å². The first-order chi connectivity index (χ1) is 18.2. The summed E-state index contributed by atoms with van der Waals surface area (Å²) in [6.45, 7) is 10.0. The minimum absolute atomic E-state index is 0.0164. The number of alkyl carbamates (subject to hydrolysis) is 2. The van der Waals surface area contributed by atoms with Crippen LogP contribution in [0.15, 0.2) is 30.3 Å². The highest BCUT2D eigenvalue weighted by atomic mass is 16.6. The lowest BCUT2D eigenvalue weighted by Crippen LogP contribution is -2.59. The van der Waals surface area contributed by atoms with Gasteiger partial charge in [-0.2, -0.15) is 0 Å². The van der Waals surface area contributed by atoms with Gasteiger partial charge in [-0.25, -0.2) is 9.59 Å². The molecule has 1 aromatic carbocycles. The maximum absolute atomic E-state index is 13.1. The Balaban J connectivity index is 2.73. The van der Waals surface area contributed by atoms with Crippen LogP contribution in [0.2, 0.25) is 0 Å². The van der Waals surface area contributed by atoms with Crippen molar-refractivity contribution < 1.29 is 38.2 Å². The number of amides is 4. The summed E-state index contributed by atoms with van der Waals surface area (Å²) in [7, 11) is 0. The summed E-state index contributed by atoms with van der Waals surface area (Å²) in [6, 6.07) is 8.04. The van der Waals surface area contributed by atoms with Gasteiger partial charge in [0.15, 0.2) is 0 Å². The third-order valence-electron chi connectivity index (χ3n) is 5.11. The Hall–Kier alpha value is -3.83. The van der Waals surface area contributed by atoms with Gasteiger partial charge in [-0.1, -0.05) is 30.3 Å². The Morgan fingerprint density at radius 2 is 1.54 bits per heavy atom. The van der Waals surface area contributed by atoms with E-state index in [2.05, 4.69) is 21.3 Å². The van der Waals surface area contributed by atoms with E-state index in [1.165, 1.54) is 13.8 Å². The zero-order valence-electron chi connectivity index (χ0n) is 23.7. The Morgan fingerprint density at radius 3 is 2.15 bits per heavy atom. The molecule has 0 saturated heterocycles. The van der Waals surface area contributed by atoms with Crippen LogP contribution in [0.3, 0.4) is 0 Å². The van der Waals surface area contributed by atoms with Crippen LogP contribution in [0, 0.1) is 0 Å². The van der Waals surface area contributed by atoms with Crippen LogP contribution in [0.4, 0.5) is 9.59 Å². The second kappa shape index (κ2) is 16.2. The molecule has 0 radical (unpaired) electrons. The molecule has 4 amide bonds. The largest absolute Gasteiger partial charge is 0.465 e. The number of nitrogens with one attached hydrogen (secondary N) is 4. The van der Waals surface area contributed by atoms with Crippen molar-refractivity contribution in [1.29, 1.82) is 0 Å². The average Bonchev–Trinajstić information content (AvgIpc) is 2.84. The van der Waals surface area contributed by atoms with E-state index in [-0.39, 0.29) is 26.2 Å². The maximum atomic E-state index is 13.1. The zero-order valence-corrected chi connectivity index (χ0v) is 23.7. The van der Waals surface area contributed by atoms with Crippen molar-refractivity contribution in [2.45, 2.75) is 84.6 Å². The van der Waals surface area contributed by atoms with Gasteiger partial charge in [0, 0.05) is 6.54 Å². The summed E-state index contributed by atoms with van der Waals surface area (Å²) < 4.78 is 15.2. The molecule has 1 aromatic rings. The van der Waals surface area contributed by atoms with Gasteiger partial charge in [0.1, 0.15) is 30.3 Å². The van der Waals surface area contributed by atoms with Crippen molar-refractivity contribution in [3.63, 3.8) is 0 Å². The lowest BCUT2D eigenvalue weighted by atomic mass is 10.0. The minimum atomic E-state index is -1.39. The molecule has 1 atom stereocenters. The van der Waals surface area contributed by atoms with Crippen molar-refractivity contribution in [1.82, 2.24) is 21.3 Å². The molecule has 39 heavy (non-hydrogen) atoms. The molecule has 0 heterocycles. The Kier molecular flexibility index (Phi) is 13.8. The third-order valence-corrected chi connectivity index (χ3v) is 5.11. The smallest absolute Gasteiger partial charge is 0.408 e. The molecule has 0 aliphatic carbocycles. The predicted octanol–water partition coefficient (Wildman–Crippen LogP) is 2.55. The standard InChI is InChI=1S/C27H42N4O8/c1-7-37-21(32)17-29-23(34)27(5,6)31-22(33)20(15-11-12-16-28-24(35)39-26(2,3)4)30-25(36)38-18-19-13-9-8-10-14-19/h8-10,13-14,20H,7,11-12,15-18H2,1-6H3,(H,28,35)(H,29,34)(H,30,36)(H,31,33)/t20-/m0/s1. The number of hydrogen-bond acceptors (Lipinski definition) is 8. The van der Waals surface area contributed by atoms with E-state index in [0.717, 1.165) is 5.56 Å². The molecule has 12 nitrogen and oxygen atoms in total. The number of benzene rings is 1. The molecular weight excluding hydrogens is 508 g/mol. The van der Waals surface area contributed by atoms with Crippen molar-refractivity contribution in [3.8, 4) is 0 Å². The van der Waals surface area contributed by atoms with Gasteiger partial charge in [0.2, 0.25) is 11.8 Å². The van der Waals surface area contributed by atoms with Crippen LogP contribution >= 0.6 is 0 Å². The fourth-order valence-corrected chi connectivity index (χ4v) is 3.19.